The summed E-state index contributed by atoms with van der Waals surface area (Å²) in [6.07, 6.45) is 0.464. The van der Waals surface area contributed by atoms with Gasteiger partial charge in [0.1, 0.15) is 6.54 Å². The molecule has 0 spiro atoms. The Bertz CT molecular complexity index is 637. The first kappa shape index (κ1) is 18.2. The van der Waals surface area contributed by atoms with Crippen molar-refractivity contribution < 1.29 is 14.4 Å². The second-order valence-electron chi connectivity index (χ2n) is 7.03. The minimum absolute atomic E-state index is 0.0294. The molecule has 1 aliphatic rings. The van der Waals surface area contributed by atoms with Crippen molar-refractivity contribution in [3.63, 3.8) is 0 Å². The topological polar surface area (TPSA) is 57.7 Å². The Labute approximate surface area is 143 Å². The summed E-state index contributed by atoms with van der Waals surface area (Å²) in [7, 11) is 0. The summed E-state index contributed by atoms with van der Waals surface area (Å²) in [5, 5.41) is 0. The SMILES string of the molecule is CC(C)CC(=O)N1CCN(c2cccc(C(=O)C(C)C)c2)C(=O)C1. The monoisotopic (exact) mass is 330 g/mol. The summed E-state index contributed by atoms with van der Waals surface area (Å²) in [6.45, 7) is 8.80. The van der Waals surface area contributed by atoms with Crippen LogP contribution >= 0.6 is 0 Å². The highest BCUT2D eigenvalue weighted by molar-refractivity contribution is 6.01. The number of anilines is 1. The highest BCUT2D eigenvalue weighted by Gasteiger charge is 2.28. The maximum atomic E-state index is 12.5. The van der Waals surface area contributed by atoms with Crippen molar-refractivity contribution in [1.82, 2.24) is 4.90 Å². The van der Waals surface area contributed by atoms with E-state index in [1.807, 2.05) is 33.8 Å². The number of hydrogen-bond donors (Lipinski definition) is 0. The van der Waals surface area contributed by atoms with Gasteiger partial charge in [-0.15, -0.1) is 0 Å². The van der Waals surface area contributed by atoms with Gasteiger partial charge in [0.05, 0.1) is 0 Å². The predicted octanol–water partition coefficient (Wildman–Crippen LogP) is 2.75. The number of nitrogens with zero attached hydrogens (tertiary/aromatic N) is 2. The standard InChI is InChI=1S/C19H26N2O3/c1-13(2)10-17(22)20-8-9-21(18(23)12-20)16-7-5-6-15(11-16)19(24)14(3)4/h5-7,11,13-14H,8-10,12H2,1-4H3. The lowest BCUT2D eigenvalue weighted by atomic mass is 10.0. The van der Waals surface area contributed by atoms with E-state index in [9.17, 15) is 14.4 Å². The molecule has 1 aliphatic heterocycles. The smallest absolute Gasteiger partial charge is 0.246 e. The average molecular weight is 330 g/mol. The Morgan fingerprint density at radius 1 is 1.12 bits per heavy atom. The second-order valence-corrected chi connectivity index (χ2v) is 7.03. The summed E-state index contributed by atoms with van der Waals surface area (Å²) in [4.78, 5) is 40.0. The van der Waals surface area contributed by atoms with E-state index in [0.717, 1.165) is 5.69 Å². The van der Waals surface area contributed by atoms with Gasteiger partial charge in [-0.2, -0.15) is 0 Å². The molecule has 0 saturated carbocycles. The molecule has 5 heteroatoms. The van der Waals surface area contributed by atoms with Gasteiger partial charge >= 0.3 is 0 Å². The van der Waals surface area contributed by atoms with Crippen LogP contribution in [0.5, 0.6) is 0 Å². The molecule has 0 N–H and O–H groups in total. The van der Waals surface area contributed by atoms with Crippen LogP contribution < -0.4 is 4.90 Å². The molecule has 130 valence electrons. The fourth-order valence-electron chi connectivity index (χ4n) is 2.80. The van der Waals surface area contributed by atoms with Gasteiger partial charge in [0, 0.05) is 36.7 Å². The molecule has 1 fully saturated rings. The number of ketones is 1. The molecule has 24 heavy (non-hydrogen) atoms. The van der Waals surface area contributed by atoms with Crippen LogP contribution in [-0.4, -0.2) is 42.1 Å². The number of carbonyl (C=O) groups excluding carboxylic acids is 3. The third-order valence-electron chi connectivity index (χ3n) is 4.12. The third kappa shape index (κ3) is 4.22. The summed E-state index contributed by atoms with van der Waals surface area (Å²) >= 11 is 0. The molecule has 2 rings (SSSR count). The first-order valence-electron chi connectivity index (χ1n) is 8.52. The first-order chi connectivity index (χ1) is 11.3. The zero-order valence-electron chi connectivity index (χ0n) is 14.9. The van der Waals surface area contributed by atoms with Gasteiger partial charge in [0.2, 0.25) is 11.8 Å². The van der Waals surface area contributed by atoms with Gasteiger partial charge < -0.3 is 9.80 Å². The fraction of sp³-hybridized carbons (Fsp3) is 0.526. The van der Waals surface area contributed by atoms with E-state index < -0.39 is 0 Å². The van der Waals surface area contributed by atoms with Gasteiger partial charge in [0.25, 0.3) is 0 Å². The van der Waals surface area contributed by atoms with Crippen molar-refractivity contribution in [1.29, 1.82) is 0 Å². The van der Waals surface area contributed by atoms with E-state index in [2.05, 4.69) is 0 Å². The van der Waals surface area contributed by atoms with Crippen LogP contribution in [0.3, 0.4) is 0 Å². The summed E-state index contributed by atoms with van der Waals surface area (Å²) < 4.78 is 0. The van der Waals surface area contributed by atoms with Crippen LogP contribution in [-0.2, 0) is 9.59 Å². The van der Waals surface area contributed by atoms with Crippen molar-refractivity contribution in [3.05, 3.63) is 29.8 Å². The number of rotatable bonds is 5. The molecule has 0 radical (unpaired) electrons. The quantitative estimate of drug-likeness (QED) is 0.780. The zero-order chi connectivity index (χ0) is 17.9. The molecule has 5 nitrogen and oxygen atoms in total. The van der Waals surface area contributed by atoms with E-state index in [1.54, 1.807) is 28.0 Å². The Morgan fingerprint density at radius 2 is 1.83 bits per heavy atom. The molecule has 1 heterocycles. The molecule has 2 amide bonds. The summed E-state index contributed by atoms with van der Waals surface area (Å²) in [6, 6.07) is 7.18. The minimum atomic E-state index is -0.104. The predicted molar refractivity (Wildman–Crippen MR) is 94.0 cm³/mol. The van der Waals surface area contributed by atoms with Gasteiger partial charge in [-0.05, 0) is 18.1 Å². The van der Waals surface area contributed by atoms with Crippen molar-refractivity contribution >= 4 is 23.3 Å². The molecule has 1 saturated heterocycles. The number of piperazine rings is 1. The number of hydrogen-bond acceptors (Lipinski definition) is 3. The van der Waals surface area contributed by atoms with Gasteiger partial charge in [-0.3, -0.25) is 14.4 Å². The lowest BCUT2D eigenvalue weighted by molar-refractivity contribution is -0.137. The fourth-order valence-corrected chi connectivity index (χ4v) is 2.80. The van der Waals surface area contributed by atoms with Crippen molar-refractivity contribution in [2.75, 3.05) is 24.5 Å². The van der Waals surface area contributed by atoms with Crippen LogP contribution in [0.25, 0.3) is 0 Å². The van der Waals surface area contributed by atoms with Crippen LogP contribution in [0.15, 0.2) is 24.3 Å². The number of carbonyl (C=O) groups is 3. The normalized spacial score (nSPS) is 15.3. The summed E-state index contributed by atoms with van der Waals surface area (Å²) in [5.74, 6) is 0.190. The van der Waals surface area contributed by atoms with Crippen LogP contribution in [0, 0.1) is 11.8 Å². The van der Waals surface area contributed by atoms with Crippen LogP contribution in [0.4, 0.5) is 5.69 Å². The lowest BCUT2D eigenvalue weighted by Gasteiger charge is -2.34. The average Bonchev–Trinajstić information content (AvgIpc) is 2.53. The van der Waals surface area contributed by atoms with Gasteiger partial charge in [0.15, 0.2) is 5.78 Å². The molecule has 0 unspecified atom stereocenters. The molecule has 0 bridgehead atoms. The number of Topliss-reactive ketones (excluding diaryl/α,β-unsaturated/α-hetero) is 1. The molecular weight excluding hydrogens is 304 g/mol. The number of benzene rings is 1. The van der Waals surface area contributed by atoms with E-state index in [0.29, 0.717) is 25.1 Å². The maximum absolute atomic E-state index is 12.5. The molecule has 0 aliphatic carbocycles. The maximum Gasteiger partial charge on any atom is 0.246 e. The molecule has 1 aromatic rings. The second kappa shape index (κ2) is 7.60. The first-order valence-corrected chi connectivity index (χ1v) is 8.52. The summed E-state index contributed by atoms with van der Waals surface area (Å²) in [5.41, 5.74) is 1.34. The van der Waals surface area contributed by atoms with Crippen molar-refractivity contribution in [2.24, 2.45) is 11.8 Å². The molecular formula is C19H26N2O3. The number of amides is 2. The van der Waals surface area contributed by atoms with E-state index >= 15 is 0 Å². The Morgan fingerprint density at radius 3 is 2.42 bits per heavy atom. The highest BCUT2D eigenvalue weighted by Crippen LogP contribution is 2.21. The van der Waals surface area contributed by atoms with E-state index in [1.165, 1.54) is 0 Å². The Hall–Kier alpha value is -2.17. The minimum Gasteiger partial charge on any atom is -0.332 e. The van der Waals surface area contributed by atoms with Crippen LogP contribution in [0.2, 0.25) is 0 Å². The third-order valence-corrected chi connectivity index (χ3v) is 4.12. The largest absolute Gasteiger partial charge is 0.332 e. The Kier molecular flexibility index (Phi) is 5.75. The van der Waals surface area contributed by atoms with Crippen LogP contribution in [0.1, 0.15) is 44.5 Å². The molecule has 0 aromatic heterocycles. The zero-order valence-corrected chi connectivity index (χ0v) is 14.9. The highest BCUT2D eigenvalue weighted by atomic mass is 16.2. The molecule has 0 atom stereocenters. The molecule has 1 aromatic carbocycles. The van der Waals surface area contributed by atoms with E-state index in [4.69, 9.17) is 0 Å². The lowest BCUT2D eigenvalue weighted by Crippen LogP contribution is -2.52. The van der Waals surface area contributed by atoms with E-state index in [-0.39, 0.29) is 36.0 Å². The van der Waals surface area contributed by atoms with Crippen molar-refractivity contribution in [3.8, 4) is 0 Å². The van der Waals surface area contributed by atoms with Gasteiger partial charge in [-0.1, -0.05) is 39.8 Å². The Balaban J connectivity index is 2.10. The van der Waals surface area contributed by atoms with Crippen molar-refractivity contribution in [2.45, 2.75) is 34.1 Å². The van der Waals surface area contributed by atoms with Gasteiger partial charge in [-0.25, -0.2) is 0 Å².